The molecule has 2 aromatic rings. The summed E-state index contributed by atoms with van der Waals surface area (Å²) in [4.78, 5) is 14.3. The zero-order valence-electron chi connectivity index (χ0n) is 14.5. The van der Waals surface area contributed by atoms with Crippen LogP contribution in [0.1, 0.15) is 36.3 Å². The average Bonchev–Trinajstić information content (AvgIpc) is 3.32. The number of aromatic nitrogens is 5. The Balaban J connectivity index is 1.41. The van der Waals surface area contributed by atoms with Gasteiger partial charge in [0, 0.05) is 38.9 Å². The third kappa shape index (κ3) is 2.90. The lowest BCUT2D eigenvalue weighted by Gasteiger charge is -2.37. The second kappa shape index (κ2) is 6.47. The van der Waals surface area contributed by atoms with Crippen molar-refractivity contribution in [3.05, 3.63) is 24.3 Å². The minimum Gasteiger partial charge on any atom is -0.337 e. The summed E-state index contributed by atoms with van der Waals surface area (Å²) < 4.78 is 29.7. The summed E-state index contributed by atoms with van der Waals surface area (Å²) in [5.74, 6) is -0.107. The van der Waals surface area contributed by atoms with E-state index in [4.69, 9.17) is 0 Å². The predicted octanol–water partition coefficient (Wildman–Crippen LogP) is -0.0239. The van der Waals surface area contributed by atoms with E-state index in [-0.39, 0.29) is 16.8 Å². The Hall–Kier alpha value is -2.27. The fraction of sp³-hybridized carbons (Fsp3) is 0.600. The van der Waals surface area contributed by atoms with Gasteiger partial charge in [-0.1, -0.05) is 5.21 Å². The fourth-order valence-electron chi connectivity index (χ4n) is 3.22. The zero-order chi connectivity index (χ0) is 18.3. The zero-order valence-corrected chi connectivity index (χ0v) is 15.3. The first-order valence-corrected chi connectivity index (χ1v) is 10.2. The van der Waals surface area contributed by atoms with Crippen LogP contribution in [0.4, 0.5) is 0 Å². The van der Waals surface area contributed by atoms with Crippen molar-refractivity contribution in [2.24, 2.45) is 0 Å². The van der Waals surface area contributed by atoms with E-state index in [1.807, 2.05) is 6.92 Å². The normalized spacial score (nSPS) is 19.0. The summed E-state index contributed by atoms with van der Waals surface area (Å²) in [5.41, 5.74) is 0.317. The number of carbonyl (C=O) groups excluding carboxylic acids is 1. The molecular formula is C15H21N7O3S. The third-order valence-electron chi connectivity index (χ3n) is 4.90. The smallest absolute Gasteiger partial charge is 0.276 e. The molecule has 0 N–H and O–H groups in total. The number of amides is 1. The highest BCUT2D eigenvalue weighted by molar-refractivity contribution is 7.89. The number of sulfonamides is 1. The summed E-state index contributed by atoms with van der Waals surface area (Å²) in [6.45, 7) is 4.64. The molecule has 0 saturated carbocycles. The van der Waals surface area contributed by atoms with E-state index in [0.29, 0.717) is 25.3 Å². The SMILES string of the molecule is CCn1cc(S(=O)(=O)N2CC(n3cc(C(=O)N4CCCC4)nn3)C2)cn1. The van der Waals surface area contributed by atoms with E-state index in [1.165, 1.54) is 16.7 Å². The molecule has 4 rings (SSSR count). The van der Waals surface area contributed by atoms with Crippen LogP contribution in [0, 0.1) is 0 Å². The predicted molar refractivity (Wildman–Crippen MR) is 90.9 cm³/mol. The molecule has 0 radical (unpaired) electrons. The number of aryl methyl sites for hydroxylation is 1. The maximum absolute atomic E-state index is 12.6. The van der Waals surface area contributed by atoms with E-state index >= 15 is 0 Å². The van der Waals surface area contributed by atoms with Gasteiger partial charge in [-0.15, -0.1) is 5.10 Å². The van der Waals surface area contributed by atoms with E-state index < -0.39 is 10.0 Å². The lowest BCUT2D eigenvalue weighted by atomic mass is 10.2. The molecule has 1 amide bonds. The van der Waals surface area contributed by atoms with Crippen molar-refractivity contribution < 1.29 is 13.2 Å². The van der Waals surface area contributed by atoms with Crippen molar-refractivity contribution in [2.45, 2.75) is 37.2 Å². The number of nitrogens with zero attached hydrogens (tertiary/aromatic N) is 7. The second-order valence-electron chi connectivity index (χ2n) is 6.59. The van der Waals surface area contributed by atoms with Gasteiger partial charge in [-0.3, -0.25) is 9.48 Å². The highest BCUT2D eigenvalue weighted by Crippen LogP contribution is 2.27. The van der Waals surface area contributed by atoms with Crippen LogP contribution in [0.15, 0.2) is 23.5 Å². The third-order valence-corrected chi connectivity index (χ3v) is 6.68. The Morgan fingerprint density at radius 3 is 2.62 bits per heavy atom. The molecule has 0 bridgehead atoms. The molecule has 2 saturated heterocycles. The van der Waals surface area contributed by atoms with Crippen molar-refractivity contribution >= 4 is 15.9 Å². The maximum atomic E-state index is 12.6. The molecular weight excluding hydrogens is 358 g/mol. The van der Waals surface area contributed by atoms with Gasteiger partial charge in [0.05, 0.1) is 18.4 Å². The summed E-state index contributed by atoms with van der Waals surface area (Å²) in [7, 11) is -3.54. The monoisotopic (exact) mass is 379 g/mol. The maximum Gasteiger partial charge on any atom is 0.276 e. The molecule has 0 aliphatic carbocycles. The van der Waals surface area contributed by atoms with E-state index in [9.17, 15) is 13.2 Å². The summed E-state index contributed by atoms with van der Waals surface area (Å²) in [6, 6.07) is -0.112. The molecule has 4 heterocycles. The van der Waals surface area contributed by atoms with E-state index in [1.54, 1.807) is 20.5 Å². The van der Waals surface area contributed by atoms with Gasteiger partial charge in [0.25, 0.3) is 5.91 Å². The number of rotatable bonds is 5. The van der Waals surface area contributed by atoms with Crippen LogP contribution in [0.25, 0.3) is 0 Å². The van der Waals surface area contributed by atoms with Gasteiger partial charge in [0.1, 0.15) is 4.90 Å². The first-order chi connectivity index (χ1) is 12.5. The second-order valence-corrected chi connectivity index (χ2v) is 8.53. The first-order valence-electron chi connectivity index (χ1n) is 8.72. The van der Waals surface area contributed by atoms with Crippen LogP contribution < -0.4 is 0 Å². The van der Waals surface area contributed by atoms with Crippen LogP contribution in [0.5, 0.6) is 0 Å². The van der Waals surface area contributed by atoms with Crippen molar-refractivity contribution in [3.63, 3.8) is 0 Å². The van der Waals surface area contributed by atoms with Gasteiger partial charge in [-0.05, 0) is 19.8 Å². The molecule has 2 aromatic heterocycles. The van der Waals surface area contributed by atoms with E-state index in [0.717, 1.165) is 25.9 Å². The molecule has 2 aliphatic heterocycles. The summed E-state index contributed by atoms with van der Waals surface area (Å²) in [6.07, 6.45) is 6.55. The Morgan fingerprint density at radius 2 is 1.96 bits per heavy atom. The molecule has 0 spiro atoms. The van der Waals surface area contributed by atoms with Crippen molar-refractivity contribution in [3.8, 4) is 0 Å². The van der Waals surface area contributed by atoms with Crippen LogP contribution in [-0.4, -0.2) is 74.5 Å². The molecule has 10 nitrogen and oxygen atoms in total. The lowest BCUT2D eigenvalue weighted by Crippen LogP contribution is -2.50. The quantitative estimate of drug-likeness (QED) is 0.723. The van der Waals surface area contributed by atoms with Crippen LogP contribution in [0.3, 0.4) is 0 Å². The average molecular weight is 379 g/mol. The standard InChI is InChI=1S/C15H21N7O3S/c1-2-20-10-13(7-16-20)26(24,25)21-8-12(9-21)22-11-14(17-18-22)15(23)19-5-3-4-6-19/h7,10-12H,2-6,8-9H2,1H3. The molecule has 0 aromatic carbocycles. The Bertz CT molecular complexity index is 907. The number of carbonyl (C=O) groups is 1. The summed E-state index contributed by atoms with van der Waals surface area (Å²) >= 11 is 0. The van der Waals surface area contributed by atoms with Crippen LogP contribution in [-0.2, 0) is 16.6 Å². The summed E-state index contributed by atoms with van der Waals surface area (Å²) in [5, 5.41) is 12.0. The van der Waals surface area contributed by atoms with Crippen LogP contribution in [0.2, 0.25) is 0 Å². The number of hydrogen-bond donors (Lipinski definition) is 0. The Labute approximate surface area is 151 Å². The molecule has 0 unspecified atom stereocenters. The topological polar surface area (TPSA) is 106 Å². The first kappa shape index (κ1) is 17.2. The molecule has 2 aliphatic rings. The Kier molecular flexibility index (Phi) is 4.27. The molecule has 2 fully saturated rings. The molecule has 26 heavy (non-hydrogen) atoms. The highest BCUT2D eigenvalue weighted by atomic mass is 32.2. The van der Waals surface area contributed by atoms with Crippen molar-refractivity contribution in [1.82, 2.24) is 34.0 Å². The van der Waals surface area contributed by atoms with Gasteiger partial charge in [0.2, 0.25) is 10.0 Å². The van der Waals surface area contributed by atoms with Gasteiger partial charge in [0.15, 0.2) is 5.69 Å². The molecule has 11 heteroatoms. The lowest BCUT2D eigenvalue weighted by molar-refractivity contribution is 0.0786. The number of likely N-dealkylation sites (tertiary alicyclic amines) is 1. The largest absolute Gasteiger partial charge is 0.337 e. The van der Waals surface area contributed by atoms with Crippen molar-refractivity contribution in [2.75, 3.05) is 26.2 Å². The van der Waals surface area contributed by atoms with E-state index in [2.05, 4.69) is 15.4 Å². The highest BCUT2D eigenvalue weighted by Gasteiger charge is 2.39. The molecule has 140 valence electrons. The minimum atomic E-state index is -3.54. The van der Waals surface area contributed by atoms with Gasteiger partial charge in [-0.2, -0.15) is 9.40 Å². The van der Waals surface area contributed by atoms with Gasteiger partial charge in [-0.25, -0.2) is 13.1 Å². The fourth-order valence-corrected chi connectivity index (χ4v) is 4.69. The Morgan fingerprint density at radius 1 is 1.23 bits per heavy atom. The van der Waals surface area contributed by atoms with Gasteiger partial charge >= 0.3 is 0 Å². The van der Waals surface area contributed by atoms with Gasteiger partial charge < -0.3 is 4.90 Å². The molecule has 0 atom stereocenters. The van der Waals surface area contributed by atoms with Crippen LogP contribution >= 0.6 is 0 Å². The minimum absolute atomic E-state index is 0.107. The number of hydrogen-bond acceptors (Lipinski definition) is 6. The van der Waals surface area contributed by atoms with Crippen molar-refractivity contribution in [1.29, 1.82) is 0 Å².